The van der Waals surface area contributed by atoms with Gasteiger partial charge in [-0.3, -0.25) is 4.79 Å². The molecule has 0 spiro atoms. The normalized spacial score (nSPS) is 15.3. The molecule has 0 aromatic heterocycles. The van der Waals surface area contributed by atoms with Crippen LogP contribution in [-0.4, -0.2) is 24.3 Å². The molecule has 186 valence electrons. The quantitative estimate of drug-likeness (QED) is 0.312. The van der Waals surface area contributed by atoms with Gasteiger partial charge in [0, 0.05) is 0 Å². The van der Waals surface area contributed by atoms with Crippen molar-refractivity contribution >= 4 is 46.2 Å². The van der Waals surface area contributed by atoms with Crippen LogP contribution in [0.25, 0.3) is 6.08 Å². The maximum absolute atomic E-state index is 13.5. The fraction of sp³-hybridized carbons (Fsp3) is 0.185. The molecular formula is C27H24ClFN2O4S. The van der Waals surface area contributed by atoms with E-state index in [1.165, 1.54) is 23.9 Å². The molecule has 4 rings (SSSR count). The van der Waals surface area contributed by atoms with Crippen LogP contribution < -0.4 is 19.5 Å². The molecule has 1 amide bonds. The Morgan fingerprint density at radius 3 is 2.53 bits per heavy atom. The topological polar surface area (TPSA) is 69.2 Å². The second kappa shape index (κ2) is 12.0. The van der Waals surface area contributed by atoms with Gasteiger partial charge in [-0.1, -0.05) is 23.7 Å². The molecule has 1 N–H and O–H groups in total. The molecule has 0 aliphatic carbocycles. The van der Waals surface area contributed by atoms with Crippen molar-refractivity contribution in [1.82, 2.24) is 5.32 Å². The smallest absolute Gasteiger partial charge is 0.264 e. The van der Waals surface area contributed by atoms with Gasteiger partial charge in [0.1, 0.15) is 18.2 Å². The van der Waals surface area contributed by atoms with Crippen molar-refractivity contribution in [3.05, 3.63) is 87.5 Å². The van der Waals surface area contributed by atoms with E-state index in [1.54, 1.807) is 30.3 Å². The minimum atomic E-state index is -0.341. The summed E-state index contributed by atoms with van der Waals surface area (Å²) in [4.78, 5) is 17.5. The summed E-state index contributed by atoms with van der Waals surface area (Å²) in [6.07, 6.45) is 1.71. The summed E-state index contributed by atoms with van der Waals surface area (Å²) < 4.78 is 30.5. The summed E-state index contributed by atoms with van der Waals surface area (Å²) in [5, 5.41) is 3.57. The number of hydrogen-bond acceptors (Lipinski definition) is 6. The third-order valence-corrected chi connectivity index (χ3v) is 6.12. The highest BCUT2D eigenvalue weighted by molar-refractivity contribution is 8.18. The van der Waals surface area contributed by atoms with Gasteiger partial charge in [-0.15, -0.1) is 0 Å². The molecular weight excluding hydrogens is 503 g/mol. The molecule has 36 heavy (non-hydrogen) atoms. The van der Waals surface area contributed by atoms with Crippen LogP contribution in [0.4, 0.5) is 10.1 Å². The number of carbonyl (C=O) groups is 1. The van der Waals surface area contributed by atoms with E-state index in [-0.39, 0.29) is 18.3 Å². The number of halogens is 2. The van der Waals surface area contributed by atoms with Gasteiger partial charge in [0.2, 0.25) is 0 Å². The van der Waals surface area contributed by atoms with Crippen molar-refractivity contribution in [2.24, 2.45) is 4.99 Å². The summed E-state index contributed by atoms with van der Waals surface area (Å²) in [6, 6.07) is 16.9. The predicted molar refractivity (Wildman–Crippen MR) is 142 cm³/mol. The van der Waals surface area contributed by atoms with Crippen LogP contribution in [-0.2, 0) is 11.4 Å². The number of amidine groups is 1. The lowest BCUT2D eigenvalue weighted by Gasteiger charge is -2.14. The number of hydrogen-bond donors (Lipinski definition) is 1. The molecule has 1 saturated heterocycles. The fourth-order valence-corrected chi connectivity index (χ4v) is 4.50. The Balaban J connectivity index is 1.52. The van der Waals surface area contributed by atoms with Crippen molar-refractivity contribution in [2.45, 2.75) is 20.5 Å². The van der Waals surface area contributed by atoms with E-state index in [0.717, 1.165) is 5.75 Å². The minimum Gasteiger partial charge on any atom is -0.494 e. The van der Waals surface area contributed by atoms with E-state index in [1.807, 2.05) is 38.1 Å². The molecule has 0 bridgehead atoms. The zero-order valence-corrected chi connectivity index (χ0v) is 21.3. The Morgan fingerprint density at radius 2 is 1.81 bits per heavy atom. The maximum atomic E-state index is 13.5. The summed E-state index contributed by atoms with van der Waals surface area (Å²) in [7, 11) is 0. The number of ether oxygens (including phenoxy) is 3. The standard InChI is InChI=1S/C27H24ClFN2O4S/c1-3-33-21-10-8-20(9-11-21)30-27-31-26(32)24(36-27)15-18-13-22(28)25(23(14-18)34-4-2)35-16-17-6-5-7-19(29)12-17/h5-15H,3-4,16H2,1-2H3,(H,30,31,32)/b24-15+. The number of nitrogens with one attached hydrogen (secondary N) is 1. The largest absolute Gasteiger partial charge is 0.494 e. The lowest BCUT2D eigenvalue weighted by molar-refractivity contribution is -0.115. The highest BCUT2D eigenvalue weighted by atomic mass is 35.5. The summed E-state index contributed by atoms with van der Waals surface area (Å²) in [5.41, 5.74) is 2.03. The SMILES string of the molecule is CCOc1ccc(N=C2NC(=O)/C(=C\c3cc(Cl)c(OCc4cccc(F)c4)c(OCC)c3)S2)cc1. The van der Waals surface area contributed by atoms with Crippen LogP contribution >= 0.6 is 23.4 Å². The molecule has 1 fully saturated rings. The zero-order valence-electron chi connectivity index (χ0n) is 19.7. The Hall–Kier alpha value is -3.49. The highest BCUT2D eigenvalue weighted by Crippen LogP contribution is 2.39. The summed E-state index contributed by atoms with van der Waals surface area (Å²) in [6.45, 7) is 4.87. The van der Waals surface area contributed by atoms with Crippen LogP contribution in [0.2, 0.25) is 5.02 Å². The van der Waals surface area contributed by atoms with Gasteiger partial charge < -0.3 is 19.5 Å². The number of rotatable bonds is 9. The second-order valence-electron chi connectivity index (χ2n) is 7.59. The first-order valence-corrected chi connectivity index (χ1v) is 12.5. The lowest BCUT2D eigenvalue weighted by atomic mass is 10.1. The zero-order chi connectivity index (χ0) is 25.5. The van der Waals surface area contributed by atoms with E-state index >= 15 is 0 Å². The van der Waals surface area contributed by atoms with Crippen LogP contribution in [0.15, 0.2) is 70.6 Å². The number of benzene rings is 3. The van der Waals surface area contributed by atoms with Gasteiger partial charge in [0.25, 0.3) is 5.91 Å². The molecule has 3 aromatic carbocycles. The number of thioether (sulfide) groups is 1. The van der Waals surface area contributed by atoms with E-state index in [2.05, 4.69) is 10.3 Å². The van der Waals surface area contributed by atoms with Crippen molar-refractivity contribution in [1.29, 1.82) is 0 Å². The Bertz CT molecular complexity index is 1310. The van der Waals surface area contributed by atoms with Crippen molar-refractivity contribution in [3.63, 3.8) is 0 Å². The molecule has 0 unspecified atom stereocenters. The van der Waals surface area contributed by atoms with Gasteiger partial charge >= 0.3 is 0 Å². The van der Waals surface area contributed by atoms with Crippen LogP contribution in [0.1, 0.15) is 25.0 Å². The molecule has 0 saturated carbocycles. The Morgan fingerprint density at radius 1 is 1.03 bits per heavy atom. The molecule has 3 aromatic rings. The van der Waals surface area contributed by atoms with Gasteiger partial charge in [-0.25, -0.2) is 9.38 Å². The molecule has 1 aliphatic heterocycles. The first-order chi connectivity index (χ1) is 17.4. The first-order valence-electron chi connectivity index (χ1n) is 11.3. The summed E-state index contributed by atoms with van der Waals surface area (Å²) >= 11 is 7.74. The van der Waals surface area contributed by atoms with Gasteiger partial charge in [-0.05, 0) is 91.3 Å². The average molecular weight is 527 g/mol. The Kier molecular flexibility index (Phi) is 8.51. The van der Waals surface area contributed by atoms with Crippen molar-refractivity contribution in [2.75, 3.05) is 13.2 Å². The number of amides is 1. The van der Waals surface area contributed by atoms with E-state index in [9.17, 15) is 9.18 Å². The van der Waals surface area contributed by atoms with E-state index < -0.39 is 0 Å². The predicted octanol–water partition coefficient (Wildman–Crippen LogP) is 6.75. The van der Waals surface area contributed by atoms with Crippen molar-refractivity contribution < 1.29 is 23.4 Å². The van der Waals surface area contributed by atoms with Crippen LogP contribution in [0.3, 0.4) is 0 Å². The monoisotopic (exact) mass is 526 g/mol. The van der Waals surface area contributed by atoms with E-state index in [0.29, 0.717) is 56.6 Å². The second-order valence-corrected chi connectivity index (χ2v) is 9.03. The number of aliphatic imine (C=N–C) groups is 1. The first kappa shape index (κ1) is 25.6. The lowest BCUT2D eigenvalue weighted by Crippen LogP contribution is -2.19. The maximum Gasteiger partial charge on any atom is 0.264 e. The third kappa shape index (κ3) is 6.59. The van der Waals surface area contributed by atoms with Gasteiger partial charge in [0.15, 0.2) is 16.7 Å². The molecule has 0 atom stereocenters. The molecule has 0 radical (unpaired) electrons. The fourth-order valence-electron chi connectivity index (χ4n) is 3.39. The molecule has 9 heteroatoms. The molecule has 6 nitrogen and oxygen atoms in total. The highest BCUT2D eigenvalue weighted by Gasteiger charge is 2.24. The van der Waals surface area contributed by atoms with Gasteiger partial charge in [-0.2, -0.15) is 0 Å². The van der Waals surface area contributed by atoms with E-state index in [4.69, 9.17) is 25.8 Å². The van der Waals surface area contributed by atoms with Gasteiger partial charge in [0.05, 0.1) is 28.8 Å². The van der Waals surface area contributed by atoms with Crippen LogP contribution in [0.5, 0.6) is 17.2 Å². The molecule has 1 heterocycles. The summed E-state index contributed by atoms with van der Waals surface area (Å²) in [5.74, 6) is 0.943. The third-order valence-electron chi connectivity index (χ3n) is 4.93. The average Bonchev–Trinajstić information content (AvgIpc) is 3.18. The molecule has 1 aliphatic rings. The number of carbonyl (C=O) groups excluding carboxylic acids is 1. The van der Waals surface area contributed by atoms with Crippen LogP contribution in [0, 0.1) is 5.82 Å². The Labute approximate surface area is 218 Å². The van der Waals surface area contributed by atoms with Crippen molar-refractivity contribution in [3.8, 4) is 17.2 Å². The number of nitrogens with zero attached hydrogens (tertiary/aromatic N) is 1. The minimum absolute atomic E-state index is 0.127.